The van der Waals surface area contributed by atoms with Crippen LogP contribution in [0, 0.1) is 6.92 Å². The molecule has 2 aromatic rings. The Morgan fingerprint density at radius 3 is 2.78 bits per heavy atom. The molecule has 1 unspecified atom stereocenters. The molecule has 0 aliphatic rings. The molecule has 0 spiro atoms. The van der Waals surface area contributed by atoms with Crippen molar-refractivity contribution in [2.24, 2.45) is 0 Å². The molecule has 0 saturated carbocycles. The average molecular weight is 270 g/mol. The number of ether oxygens (including phenoxy) is 1. The summed E-state index contributed by atoms with van der Waals surface area (Å²) in [6.45, 7) is 3.70. The van der Waals surface area contributed by atoms with Crippen molar-refractivity contribution < 1.29 is 9.15 Å². The van der Waals surface area contributed by atoms with E-state index in [2.05, 4.69) is 25.3 Å². The number of aromatic nitrogens is 4. The highest BCUT2D eigenvalue weighted by Gasteiger charge is 2.14. The molecule has 0 fully saturated rings. The topological polar surface area (TPSA) is 86.0 Å². The molecule has 2 heterocycles. The molecule has 2 aromatic heterocycles. The van der Waals surface area contributed by atoms with E-state index >= 15 is 0 Å². The zero-order valence-electron chi connectivity index (χ0n) is 10.1. The van der Waals surface area contributed by atoms with E-state index in [1.807, 2.05) is 13.8 Å². The molecule has 1 N–H and O–H groups in total. The van der Waals surface area contributed by atoms with E-state index < -0.39 is 0 Å². The molecule has 0 aliphatic carbocycles. The molecule has 0 saturated heterocycles. The highest BCUT2D eigenvalue weighted by Crippen LogP contribution is 2.18. The van der Waals surface area contributed by atoms with Crippen molar-refractivity contribution in [1.82, 2.24) is 19.9 Å². The molecule has 0 amide bonds. The Hall–Kier alpha value is -1.89. The Bertz CT molecular complexity index is 545. The molecule has 0 bridgehead atoms. The van der Waals surface area contributed by atoms with E-state index in [-0.39, 0.29) is 17.3 Å². The predicted molar refractivity (Wildman–Crippen MR) is 64.7 cm³/mol. The second-order valence-corrected chi connectivity index (χ2v) is 3.93. The largest absolute Gasteiger partial charge is 0.467 e. The Kier molecular flexibility index (Phi) is 3.61. The molecule has 0 radical (unpaired) electrons. The zero-order chi connectivity index (χ0) is 13.1. The summed E-state index contributed by atoms with van der Waals surface area (Å²) < 4.78 is 10.3. The van der Waals surface area contributed by atoms with Crippen LogP contribution in [-0.4, -0.2) is 27.0 Å². The number of hydrogen-bond acceptors (Lipinski definition) is 7. The quantitative estimate of drug-likeness (QED) is 0.908. The number of oxazole rings is 1. The minimum Gasteiger partial charge on any atom is -0.467 e. The van der Waals surface area contributed by atoms with Crippen LogP contribution in [0.15, 0.2) is 10.6 Å². The molecule has 96 valence electrons. The summed E-state index contributed by atoms with van der Waals surface area (Å²) in [4.78, 5) is 15.8. The predicted octanol–water partition coefficient (Wildman–Crippen LogP) is 2.00. The first-order chi connectivity index (χ1) is 8.58. The fourth-order valence-electron chi connectivity index (χ4n) is 1.32. The van der Waals surface area contributed by atoms with Crippen LogP contribution in [0.1, 0.15) is 24.6 Å². The Morgan fingerprint density at radius 2 is 2.17 bits per heavy atom. The lowest BCUT2D eigenvalue weighted by atomic mass is 10.3. The fourth-order valence-corrected chi connectivity index (χ4v) is 1.47. The van der Waals surface area contributed by atoms with Gasteiger partial charge in [-0.25, -0.2) is 4.98 Å². The standard InChI is InChI=1S/C10H12ClN5O2/c1-5-4-12-7(18-5)6(2)13-9-14-8(11)15-10(16-9)17-3/h4,6H,1-3H3,(H,13,14,15,16). The Labute approximate surface area is 109 Å². The molecule has 18 heavy (non-hydrogen) atoms. The number of nitrogens with zero attached hydrogens (tertiary/aromatic N) is 4. The third-order valence-electron chi connectivity index (χ3n) is 2.13. The van der Waals surface area contributed by atoms with Gasteiger partial charge in [0, 0.05) is 0 Å². The average Bonchev–Trinajstić information content (AvgIpc) is 2.75. The van der Waals surface area contributed by atoms with Crippen molar-refractivity contribution in [2.75, 3.05) is 12.4 Å². The van der Waals surface area contributed by atoms with Crippen LogP contribution in [0.3, 0.4) is 0 Å². The highest BCUT2D eigenvalue weighted by molar-refractivity contribution is 6.28. The molecular weight excluding hydrogens is 258 g/mol. The van der Waals surface area contributed by atoms with E-state index in [1.54, 1.807) is 6.20 Å². The summed E-state index contributed by atoms with van der Waals surface area (Å²) in [7, 11) is 1.45. The first-order valence-corrected chi connectivity index (χ1v) is 5.60. The van der Waals surface area contributed by atoms with Crippen LogP contribution in [0.2, 0.25) is 5.28 Å². The van der Waals surface area contributed by atoms with Gasteiger partial charge in [0.05, 0.1) is 13.3 Å². The number of nitrogens with one attached hydrogen (secondary N) is 1. The van der Waals surface area contributed by atoms with Gasteiger partial charge in [-0.15, -0.1) is 0 Å². The van der Waals surface area contributed by atoms with Crippen LogP contribution in [0.4, 0.5) is 5.95 Å². The number of halogens is 1. The van der Waals surface area contributed by atoms with Gasteiger partial charge < -0.3 is 14.5 Å². The van der Waals surface area contributed by atoms with Crippen molar-refractivity contribution >= 4 is 17.5 Å². The number of aryl methyl sites for hydroxylation is 1. The smallest absolute Gasteiger partial charge is 0.322 e. The van der Waals surface area contributed by atoms with E-state index in [9.17, 15) is 0 Å². The highest BCUT2D eigenvalue weighted by atomic mass is 35.5. The summed E-state index contributed by atoms with van der Waals surface area (Å²) >= 11 is 5.74. The molecule has 2 rings (SSSR count). The second kappa shape index (κ2) is 5.18. The summed E-state index contributed by atoms with van der Waals surface area (Å²) in [5.74, 6) is 1.59. The van der Waals surface area contributed by atoms with Crippen LogP contribution in [-0.2, 0) is 0 Å². The van der Waals surface area contributed by atoms with Crippen LogP contribution >= 0.6 is 11.6 Å². The maximum absolute atomic E-state index is 5.74. The number of rotatable bonds is 4. The lowest BCUT2D eigenvalue weighted by Crippen LogP contribution is -2.11. The van der Waals surface area contributed by atoms with Crippen molar-refractivity contribution in [3.8, 4) is 6.01 Å². The summed E-state index contributed by atoms with van der Waals surface area (Å²) in [5.41, 5.74) is 0. The van der Waals surface area contributed by atoms with Gasteiger partial charge in [0.15, 0.2) is 0 Å². The van der Waals surface area contributed by atoms with E-state index in [4.69, 9.17) is 20.8 Å². The number of methoxy groups -OCH3 is 1. The fraction of sp³-hybridized carbons (Fsp3) is 0.400. The summed E-state index contributed by atoms with van der Waals surface area (Å²) in [6, 6.07) is -0.0462. The van der Waals surface area contributed by atoms with E-state index in [1.165, 1.54) is 7.11 Å². The monoisotopic (exact) mass is 269 g/mol. The minimum atomic E-state index is -0.193. The first kappa shape index (κ1) is 12.6. The molecule has 8 heteroatoms. The molecule has 1 atom stereocenters. The lowest BCUT2D eigenvalue weighted by molar-refractivity contribution is 0.378. The van der Waals surface area contributed by atoms with Gasteiger partial charge in [0.1, 0.15) is 11.8 Å². The molecule has 7 nitrogen and oxygen atoms in total. The maximum atomic E-state index is 5.74. The Morgan fingerprint density at radius 1 is 1.39 bits per heavy atom. The summed E-state index contributed by atoms with van der Waals surface area (Å²) in [6.07, 6.45) is 1.65. The van der Waals surface area contributed by atoms with E-state index in [0.717, 1.165) is 5.76 Å². The van der Waals surface area contributed by atoms with Crippen molar-refractivity contribution in [3.05, 3.63) is 23.1 Å². The lowest BCUT2D eigenvalue weighted by Gasteiger charge is -2.10. The van der Waals surface area contributed by atoms with Gasteiger partial charge in [-0.2, -0.15) is 15.0 Å². The van der Waals surface area contributed by atoms with Crippen molar-refractivity contribution in [1.29, 1.82) is 0 Å². The van der Waals surface area contributed by atoms with Gasteiger partial charge in [0.2, 0.25) is 17.1 Å². The van der Waals surface area contributed by atoms with Gasteiger partial charge in [-0.05, 0) is 25.4 Å². The SMILES string of the molecule is COc1nc(Cl)nc(NC(C)c2ncc(C)o2)n1. The van der Waals surface area contributed by atoms with Gasteiger partial charge in [0.25, 0.3) is 0 Å². The van der Waals surface area contributed by atoms with Crippen molar-refractivity contribution in [2.45, 2.75) is 19.9 Å². The van der Waals surface area contributed by atoms with Crippen molar-refractivity contribution in [3.63, 3.8) is 0 Å². The zero-order valence-corrected chi connectivity index (χ0v) is 10.9. The Balaban J connectivity index is 2.16. The maximum Gasteiger partial charge on any atom is 0.322 e. The molecular formula is C10H12ClN5O2. The second-order valence-electron chi connectivity index (χ2n) is 3.59. The number of anilines is 1. The van der Waals surface area contributed by atoms with Gasteiger partial charge >= 0.3 is 6.01 Å². The number of hydrogen-bond donors (Lipinski definition) is 1. The van der Waals surface area contributed by atoms with Gasteiger partial charge in [-0.1, -0.05) is 0 Å². The van der Waals surface area contributed by atoms with Crippen LogP contribution < -0.4 is 10.1 Å². The normalized spacial score (nSPS) is 12.2. The molecule has 0 aromatic carbocycles. The van der Waals surface area contributed by atoms with Crippen LogP contribution in [0.25, 0.3) is 0 Å². The first-order valence-electron chi connectivity index (χ1n) is 5.23. The summed E-state index contributed by atoms with van der Waals surface area (Å²) in [5, 5.41) is 3.06. The van der Waals surface area contributed by atoms with E-state index in [0.29, 0.717) is 11.8 Å². The van der Waals surface area contributed by atoms with Crippen LogP contribution in [0.5, 0.6) is 6.01 Å². The molecule has 0 aliphatic heterocycles. The minimum absolute atomic E-state index is 0.0557. The third-order valence-corrected chi connectivity index (χ3v) is 2.29. The van der Waals surface area contributed by atoms with Gasteiger partial charge in [-0.3, -0.25) is 0 Å². The third kappa shape index (κ3) is 2.86.